The van der Waals surface area contributed by atoms with Crippen molar-refractivity contribution in [1.82, 2.24) is 14.7 Å². The molecule has 0 saturated heterocycles. The molecule has 10 heteroatoms. The van der Waals surface area contributed by atoms with E-state index in [0.29, 0.717) is 36.3 Å². The molecule has 3 aromatic rings. The van der Waals surface area contributed by atoms with E-state index in [0.717, 1.165) is 24.2 Å². The SMILES string of the molecule is CCC(C)C1(C)C=CC(OCc2cc(-c3ccc(OC[C@@]4(C)Cn5cc([N+](=O)[O-])nc5O4)cc3)no2)=CC1. The highest BCUT2D eigenvalue weighted by Crippen LogP contribution is 2.39. The van der Waals surface area contributed by atoms with Crippen LogP contribution in [0.5, 0.6) is 11.8 Å². The van der Waals surface area contributed by atoms with Crippen molar-refractivity contribution in [2.45, 2.75) is 59.3 Å². The van der Waals surface area contributed by atoms with Gasteiger partial charge in [0.1, 0.15) is 36.6 Å². The number of nitrogens with zero attached hydrogens (tertiary/aromatic N) is 4. The van der Waals surface area contributed by atoms with Gasteiger partial charge in [0.15, 0.2) is 11.4 Å². The quantitative estimate of drug-likeness (QED) is 0.233. The van der Waals surface area contributed by atoms with Crippen molar-refractivity contribution in [2.75, 3.05) is 6.61 Å². The highest BCUT2D eigenvalue weighted by molar-refractivity contribution is 5.59. The smallest absolute Gasteiger partial charge is 0.415 e. The molecule has 10 nitrogen and oxygen atoms in total. The Morgan fingerprint density at radius 1 is 1.24 bits per heavy atom. The molecule has 38 heavy (non-hydrogen) atoms. The summed E-state index contributed by atoms with van der Waals surface area (Å²) in [5.41, 5.74) is 1.10. The predicted molar refractivity (Wildman–Crippen MR) is 140 cm³/mol. The van der Waals surface area contributed by atoms with Gasteiger partial charge in [-0.25, -0.2) is 0 Å². The molecular formula is C28H32N4O6. The Kier molecular flexibility index (Phi) is 6.73. The van der Waals surface area contributed by atoms with Crippen LogP contribution < -0.4 is 9.47 Å². The van der Waals surface area contributed by atoms with E-state index in [9.17, 15) is 10.1 Å². The second-order valence-electron chi connectivity index (χ2n) is 10.6. The summed E-state index contributed by atoms with van der Waals surface area (Å²) in [6.07, 6.45) is 9.94. The molecule has 5 rings (SSSR count). The first-order chi connectivity index (χ1) is 18.2. The van der Waals surface area contributed by atoms with Gasteiger partial charge in [0, 0.05) is 16.6 Å². The van der Waals surface area contributed by atoms with E-state index in [4.69, 9.17) is 18.7 Å². The van der Waals surface area contributed by atoms with E-state index in [1.807, 2.05) is 37.3 Å². The first kappa shape index (κ1) is 25.6. The fourth-order valence-electron chi connectivity index (χ4n) is 4.65. The molecule has 0 saturated carbocycles. The topological polar surface area (TPSA) is 115 Å². The number of nitro groups is 1. The van der Waals surface area contributed by atoms with Crippen molar-refractivity contribution in [3.05, 3.63) is 76.4 Å². The Morgan fingerprint density at radius 2 is 2.03 bits per heavy atom. The fraction of sp³-hybridized carbons (Fsp3) is 0.429. The van der Waals surface area contributed by atoms with E-state index < -0.39 is 10.5 Å². The van der Waals surface area contributed by atoms with Crippen LogP contribution in [0.15, 0.2) is 65.0 Å². The van der Waals surface area contributed by atoms with Gasteiger partial charge in [-0.15, -0.1) is 0 Å². The third-order valence-corrected chi connectivity index (χ3v) is 7.50. The van der Waals surface area contributed by atoms with Crippen LogP contribution >= 0.6 is 0 Å². The molecule has 0 fully saturated rings. The van der Waals surface area contributed by atoms with Crippen molar-refractivity contribution in [3.63, 3.8) is 0 Å². The highest BCUT2D eigenvalue weighted by atomic mass is 16.6. The summed E-state index contributed by atoms with van der Waals surface area (Å²) < 4.78 is 24.8. The fourth-order valence-corrected chi connectivity index (χ4v) is 4.65. The molecule has 0 N–H and O–H groups in total. The summed E-state index contributed by atoms with van der Waals surface area (Å²) in [6.45, 7) is 9.66. The molecule has 1 aliphatic heterocycles. The van der Waals surface area contributed by atoms with Crippen LogP contribution in [-0.2, 0) is 17.9 Å². The number of rotatable bonds is 10. The number of imidazole rings is 1. The molecule has 0 bridgehead atoms. The van der Waals surface area contributed by atoms with Crippen molar-refractivity contribution in [3.8, 4) is 23.0 Å². The molecule has 1 aromatic carbocycles. The molecule has 2 aromatic heterocycles. The number of aromatic nitrogens is 3. The van der Waals surface area contributed by atoms with E-state index in [1.54, 1.807) is 4.57 Å². The van der Waals surface area contributed by atoms with E-state index in [2.05, 4.69) is 49.1 Å². The highest BCUT2D eigenvalue weighted by Gasteiger charge is 2.41. The molecule has 0 radical (unpaired) electrons. The molecule has 2 unspecified atom stereocenters. The third-order valence-electron chi connectivity index (χ3n) is 7.50. The average molecular weight is 521 g/mol. The molecule has 3 atom stereocenters. The van der Waals surface area contributed by atoms with Crippen LogP contribution in [0.1, 0.15) is 46.3 Å². The standard InChI is InChI=1S/C28H32N4O6/c1-5-19(2)27(3)12-10-22(11-13-27)35-16-23-14-24(30-38-23)20-6-8-21(9-7-20)36-18-28(4)17-31-15-25(32(33)34)29-26(31)37-28/h6-12,14-15,19H,5,13,16-18H2,1-4H3/t19?,27?,28-/m1/s1. The minimum absolute atomic E-state index is 0.172. The van der Waals surface area contributed by atoms with Gasteiger partial charge in [0.2, 0.25) is 0 Å². The van der Waals surface area contributed by atoms with Gasteiger partial charge in [-0.05, 0) is 66.0 Å². The lowest BCUT2D eigenvalue weighted by atomic mass is 9.72. The van der Waals surface area contributed by atoms with Gasteiger partial charge in [-0.2, -0.15) is 0 Å². The van der Waals surface area contributed by atoms with Crippen LogP contribution in [0.4, 0.5) is 5.82 Å². The summed E-state index contributed by atoms with van der Waals surface area (Å²) >= 11 is 0. The molecule has 200 valence electrons. The maximum atomic E-state index is 10.9. The van der Waals surface area contributed by atoms with Crippen molar-refractivity contribution in [1.29, 1.82) is 0 Å². The van der Waals surface area contributed by atoms with Crippen LogP contribution in [0.2, 0.25) is 0 Å². The lowest BCUT2D eigenvalue weighted by Gasteiger charge is -2.33. The number of fused-ring (bicyclic) bond motifs is 1. The molecule has 2 aliphatic rings. The lowest BCUT2D eigenvalue weighted by Crippen LogP contribution is -2.38. The van der Waals surface area contributed by atoms with Crippen LogP contribution in [0.25, 0.3) is 11.3 Å². The van der Waals surface area contributed by atoms with Crippen molar-refractivity contribution in [2.24, 2.45) is 11.3 Å². The molecule has 1 aliphatic carbocycles. The van der Waals surface area contributed by atoms with Gasteiger partial charge in [-0.1, -0.05) is 38.4 Å². The van der Waals surface area contributed by atoms with Crippen LogP contribution in [0, 0.1) is 21.4 Å². The summed E-state index contributed by atoms with van der Waals surface area (Å²) in [6, 6.07) is 9.63. The number of hydrogen-bond acceptors (Lipinski definition) is 8. The van der Waals surface area contributed by atoms with Crippen molar-refractivity contribution < 1.29 is 23.7 Å². The lowest BCUT2D eigenvalue weighted by molar-refractivity contribution is -0.389. The zero-order valence-corrected chi connectivity index (χ0v) is 22.0. The van der Waals surface area contributed by atoms with Gasteiger partial charge in [-0.3, -0.25) is 4.57 Å². The zero-order valence-electron chi connectivity index (χ0n) is 22.0. The van der Waals surface area contributed by atoms with Gasteiger partial charge >= 0.3 is 11.8 Å². The first-order valence-electron chi connectivity index (χ1n) is 12.8. The zero-order chi connectivity index (χ0) is 26.9. The van der Waals surface area contributed by atoms with E-state index in [1.165, 1.54) is 6.20 Å². The average Bonchev–Trinajstić information content (AvgIpc) is 3.61. The second-order valence-corrected chi connectivity index (χ2v) is 10.6. The Labute approximate surface area is 221 Å². The van der Waals surface area contributed by atoms with E-state index >= 15 is 0 Å². The minimum Gasteiger partial charge on any atom is -0.489 e. The first-order valence-corrected chi connectivity index (χ1v) is 12.8. The Bertz CT molecular complexity index is 1350. The number of allylic oxidation sites excluding steroid dienone is 3. The number of ether oxygens (including phenoxy) is 3. The van der Waals surface area contributed by atoms with Crippen LogP contribution in [0.3, 0.4) is 0 Å². The Hall–Kier alpha value is -4.08. The Morgan fingerprint density at radius 3 is 2.68 bits per heavy atom. The number of hydrogen-bond donors (Lipinski definition) is 0. The summed E-state index contributed by atoms with van der Waals surface area (Å²) in [7, 11) is 0. The largest absolute Gasteiger partial charge is 0.489 e. The summed E-state index contributed by atoms with van der Waals surface area (Å²) in [5.74, 6) is 2.55. The second kappa shape index (κ2) is 10.00. The van der Waals surface area contributed by atoms with E-state index in [-0.39, 0.29) is 23.9 Å². The normalized spacial score (nSPS) is 22.9. The molecule has 0 spiro atoms. The molecule has 3 heterocycles. The molecular weight excluding hydrogens is 488 g/mol. The maximum Gasteiger partial charge on any atom is 0.415 e. The van der Waals surface area contributed by atoms with Gasteiger partial charge in [0.05, 0.1) is 6.54 Å². The monoisotopic (exact) mass is 520 g/mol. The number of benzene rings is 1. The van der Waals surface area contributed by atoms with Crippen molar-refractivity contribution >= 4 is 5.82 Å². The van der Waals surface area contributed by atoms with Gasteiger partial charge in [0.25, 0.3) is 0 Å². The molecule has 0 amide bonds. The maximum absolute atomic E-state index is 10.9. The Balaban J connectivity index is 1.12. The summed E-state index contributed by atoms with van der Waals surface area (Å²) in [5, 5.41) is 15.1. The third kappa shape index (κ3) is 5.29. The summed E-state index contributed by atoms with van der Waals surface area (Å²) in [4.78, 5) is 14.2. The van der Waals surface area contributed by atoms with Gasteiger partial charge < -0.3 is 28.8 Å². The predicted octanol–water partition coefficient (Wildman–Crippen LogP) is 6.09. The van der Waals surface area contributed by atoms with Crippen LogP contribution in [-0.4, -0.2) is 31.8 Å². The minimum atomic E-state index is -0.674.